The van der Waals surface area contributed by atoms with Crippen LogP contribution in [0.3, 0.4) is 0 Å². The van der Waals surface area contributed by atoms with E-state index < -0.39 is 48.7 Å². The molecule has 3 atom stereocenters. The van der Waals surface area contributed by atoms with Crippen molar-refractivity contribution in [1.29, 1.82) is 0 Å². The largest absolute Gasteiger partial charge is 0.481 e. The Morgan fingerprint density at radius 2 is 1.56 bits per heavy atom. The molecule has 0 saturated heterocycles. The predicted octanol–water partition coefficient (Wildman–Crippen LogP) is -0.366. The number of carbonyl (C=O) groups is 3. The summed E-state index contributed by atoms with van der Waals surface area (Å²) in [4.78, 5) is 31.6. The lowest BCUT2D eigenvalue weighted by atomic mass is 9.88. The van der Waals surface area contributed by atoms with Gasteiger partial charge < -0.3 is 20.4 Å². The molecule has 0 amide bonds. The maximum atomic E-state index is 10.7. The molecule has 0 heterocycles. The topological polar surface area (TPSA) is 132 Å². The highest BCUT2D eigenvalue weighted by atomic mass is 16.4. The zero-order chi connectivity index (χ0) is 12.9. The van der Waals surface area contributed by atoms with E-state index in [9.17, 15) is 19.5 Å². The van der Waals surface area contributed by atoms with Crippen LogP contribution in [-0.4, -0.2) is 44.4 Å². The molecular weight excluding hydrogens is 220 g/mol. The van der Waals surface area contributed by atoms with Gasteiger partial charge in [-0.05, 0) is 6.42 Å². The number of aliphatic hydroxyl groups excluding tert-OH is 1. The van der Waals surface area contributed by atoms with Crippen LogP contribution in [0.25, 0.3) is 0 Å². The summed E-state index contributed by atoms with van der Waals surface area (Å²) in [5, 5.41) is 35.0. The second kappa shape index (κ2) is 6.06. The van der Waals surface area contributed by atoms with Crippen LogP contribution in [0.2, 0.25) is 0 Å². The molecule has 0 aliphatic carbocycles. The highest BCUT2D eigenvalue weighted by Crippen LogP contribution is 2.19. The van der Waals surface area contributed by atoms with Crippen LogP contribution in [0.15, 0.2) is 0 Å². The predicted molar refractivity (Wildman–Crippen MR) is 50.8 cm³/mol. The van der Waals surface area contributed by atoms with E-state index in [1.165, 1.54) is 6.92 Å². The molecule has 0 aromatic rings. The van der Waals surface area contributed by atoms with Crippen LogP contribution in [-0.2, 0) is 14.4 Å². The maximum absolute atomic E-state index is 10.7. The van der Waals surface area contributed by atoms with Gasteiger partial charge in [0.15, 0.2) is 0 Å². The number of hydrogen-bond donors (Lipinski definition) is 4. The molecule has 0 fully saturated rings. The SMILES string of the molecule is CC(C(=O)O)C(CC(O)CC(=O)O)C(=O)O. The molecule has 7 nitrogen and oxygen atoms in total. The third kappa shape index (κ3) is 4.74. The second-order valence-corrected chi connectivity index (χ2v) is 3.56. The van der Waals surface area contributed by atoms with Crippen molar-refractivity contribution in [3.05, 3.63) is 0 Å². The van der Waals surface area contributed by atoms with Crippen molar-refractivity contribution in [2.75, 3.05) is 0 Å². The summed E-state index contributed by atoms with van der Waals surface area (Å²) < 4.78 is 0. The fourth-order valence-corrected chi connectivity index (χ4v) is 1.27. The average molecular weight is 234 g/mol. The number of aliphatic carboxylic acids is 3. The summed E-state index contributed by atoms with van der Waals surface area (Å²) in [5.74, 6) is -6.40. The monoisotopic (exact) mass is 234 g/mol. The Bertz CT molecular complexity index is 286. The minimum Gasteiger partial charge on any atom is -0.481 e. The summed E-state index contributed by atoms with van der Waals surface area (Å²) in [5.41, 5.74) is 0. The highest BCUT2D eigenvalue weighted by molar-refractivity contribution is 5.79. The number of aliphatic hydroxyl groups is 1. The van der Waals surface area contributed by atoms with Gasteiger partial charge in [0, 0.05) is 0 Å². The molecule has 0 aromatic heterocycles. The minimum absolute atomic E-state index is 0.394. The van der Waals surface area contributed by atoms with E-state index in [0.29, 0.717) is 0 Å². The molecule has 4 N–H and O–H groups in total. The van der Waals surface area contributed by atoms with Crippen LogP contribution in [0.5, 0.6) is 0 Å². The summed E-state index contributed by atoms with van der Waals surface area (Å²) in [6.07, 6.45) is -2.36. The van der Waals surface area contributed by atoms with E-state index in [2.05, 4.69) is 0 Å². The lowest BCUT2D eigenvalue weighted by Gasteiger charge is -2.18. The molecule has 3 unspecified atom stereocenters. The maximum Gasteiger partial charge on any atom is 0.307 e. The Labute approximate surface area is 91.3 Å². The molecule has 0 aliphatic heterocycles. The molecule has 16 heavy (non-hydrogen) atoms. The number of rotatable bonds is 7. The minimum atomic E-state index is -1.36. The van der Waals surface area contributed by atoms with E-state index in [1.54, 1.807) is 0 Å². The first-order valence-corrected chi connectivity index (χ1v) is 4.61. The first-order chi connectivity index (χ1) is 7.25. The van der Waals surface area contributed by atoms with Gasteiger partial charge in [0.1, 0.15) is 0 Å². The van der Waals surface area contributed by atoms with Crippen LogP contribution in [0.1, 0.15) is 19.8 Å². The van der Waals surface area contributed by atoms with Crippen molar-refractivity contribution in [3.63, 3.8) is 0 Å². The molecule has 7 heteroatoms. The number of carboxylic acid groups (broad SMARTS) is 3. The third-order valence-electron chi connectivity index (χ3n) is 2.25. The average Bonchev–Trinajstić information content (AvgIpc) is 2.11. The fourth-order valence-electron chi connectivity index (χ4n) is 1.27. The molecule has 0 bridgehead atoms. The zero-order valence-electron chi connectivity index (χ0n) is 8.66. The smallest absolute Gasteiger partial charge is 0.307 e. The van der Waals surface area contributed by atoms with Gasteiger partial charge in [-0.25, -0.2) is 0 Å². The summed E-state index contributed by atoms with van der Waals surface area (Å²) >= 11 is 0. The zero-order valence-corrected chi connectivity index (χ0v) is 8.66. The Morgan fingerprint density at radius 1 is 1.06 bits per heavy atom. The van der Waals surface area contributed by atoms with Crippen molar-refractivity contribution in [2.45, 2.75) is 25.9 Å². The normalized spacial score (nSPS) is 16.1. The summed E-state index contributed by atoms with van der Waals surface area (Å²) in [6.45, 7) is 1.20. The quantitative estimate of drug-likeness (QED) is 0.472. The summed E-state index contributed by atoms with van der Waals surface area (Å²) in [6, 6.07) is 0. The van der Waals surface area contributed by atoms with Gasteiger partial charge in [0.25, 0.3) is 0 Å². The highest BCUT2D eigenvalue weighted by Gasteiger charge is 2.32. The van der Waals surface area contributed by atoms with Gasteiger partial charge in [-0.2, -0.15) is 0 Å². The lowest BCUT2D eigenvalue weighted by molar-refractivity contribution is -0.154. The molecule has 0 rings (SSSR count). The van der Waals surface area contributed by atoms with Crippen LogP contribution in [0, 0.1) is 11.8 Å². The van der Waals surface area contributed by atoms with Crippen molar-refractivity contribution in [1.82, 2.24) is 0 Å². The molecule has 0 aliphatic rings. The molecule has 92 valence electrons. The second-order valence-electron chi connectivity index (χ2n) is 3.56. The van der Waals surface area contributed by atoms with Crippen LogP contribution in [0.4, 0.5) is 0 Å². The van der Waals surface area contributed by atoms with Gasteiger partial charge in [-0.3, -0.25) is 14.4 Å². The van der Waals surface area contributed by atoms with Crippen molar-refractivity contribution >= 4 is 17.9 Å². The number of hydrogen-bond acceptors (Lipinski definition) is 4. The molecule has 0 spiro atoms. The van der Waals surface area contributed by atoms with E-state index in [0.717, 1.165) is 0 Å². The third-order valence-corrected chi connectivity index (χ3v) is 2.25. The number of carboxylic acids is 3. The first kappa shape index (κ1) is 14.4. The lowest BCUT2D eigenvalue weighted by Crippen LogP contribution is -2.31. The van der Waals surface area contributed by atoms with E-state index in [1.807, 2.05) is 0 Å². The van der Waals surface area contributed by atoms with Gasteiger partial charge in [0.2, 0.25) is 0 Å². The standard InChI is InChI=1S/C9H14O7/c1-4(8(13)14)6(9(15)16)2-5(10)3-7(11)12/h4-6,10H,2-3H2,1H3,(H,11,12)(H,13,14)(H,15,16). The van der Waals surface area contributed by atoms with E-state index >= 15 is 0 Å². The Balaban J connectivity index is 4.51. The van der Waals surface area contributed by atoms with Gasteiger partial charge in [-0.15, -0.1) is 0 Å². The van der Waals surface area contributed by atoms with Crippen molar-refractivity contribution in [2.24, 2.45) is 11.8 Å². The Kier molecular flexibility index (Phi) is 5.44. The van der Waals surface area contributed by atoms with E-state index in [-0.39, 0.29) is 0 Å². The fraction of sp³-hybridized carbons (Fsp3) is 0.667. The van der Waals surface area contributed by atoms with Crippen LogP contribution >= 0.6 is 0 Å². The van der Waals surface area contributed by atoms with E-state index in [4.69, 9.17) is 15.3 Å². The molecule has 0 aromatic carbocycles. The van der Waals surface area contributed by atoms with Gasteiger partial charge >= 0.3 is 17.9 Å². The first-order valence-electron chi connectivity index (χ1n) is 4.61. The van der Waals surface area contributed by atoms with Crippen molar-refractivity contribution < 1.29 is 34.8 Å². The van der Waals surface area contributed by atoms with Gasteiger partial charge in [0.05, 0.1) is 24.4 Å². The molecule has 0 saturated carbocycles. The van der Waals surface area contributed by atoms with Crippen LogP contribution < -0.4 is 0 Å². The van der Waals surface area contributed by atoms with Gasteiger partial charge in [-0.1, -0.05) is 6.92 Å². The molecular formula is C9H14O7. The summed E-state index contributed by atoms with van der Waals surface area (Å²) in [7, 11) is 0. The molecule has 0 radical (unpaired) electrons. The Hall–Kier alpha value is -1.63. The van der Waals surface area contributed by atoms with Crippen molar-refractivity contribution in [3.8, 4) is 0 Å². The Morgan fingerprint density at radius 3 is 1.88 bits per heavy atom.